The molecule has 4 heteroatoms. The van der Waals surface area contributed by atoms with Crippen molar-refractivity contribution in [2.24, 2.45) is 7.05 Å². The maximum atomic E-state index is 6.17. The number of aromatic nitrogens is 2. The summed E-state index contributed by atoms with van der Waals surface area (Å²) in [5.74, 6) is 0.566. The fourth-order valence-corrected chi connectivity index (χ4v) is 2.90. The van der Waals surface area contributed by atoms with E-state index in [-0.39, 0.29) is 0 Å². The normalized spacial score (nSPS) is 26.9. The highest BCUT2D eigenvalue weighted by Gasteiger charge is 2.25. The van der Waals surface area contributed by atoms with Gasteiger partial charge in [-0.25, -0.2) is 0 Å². The van der Waals surface area contributed by atoms with Gasteiger partial charge in [-0.05, 0) is 26.3 Å². The van der Waals surface area contributed by atoms with E-state index in [1.54, 1.807) is 6.20 Å². The van der Waals surface area contributed by atoms with E-state index in [1.165, 1.54) is 31.4 Å². The molecule has 0 spiro atoms. The van der Waals surface area contributed by atoms with Crippen molar-refractivity contribution < 1.29 is 0 Å². The van der Waals surface area contributed by atoms with Gasteiger partial charge in [0.2, 0.25) is 0 Å². The van der Waals surface area contributed by atoms with Crippen molar-refractivity contribution in [3.8, 4) is 0 Å². The Balaban J connectivity index is 2.16. The summed E-state index contributed by atoms with van der Waals surface area (Å²) in [6, 6.07) is 0.634. The van der Waals surface area contributed by atoms with E-state index in [4.69, 9.17) is 11.6 Å². The zero-order chi connectivity index (χ0) is 10.8. The molecule has 1 saturated carbocycles. The van der Waals surface area contributed by atoms with Crippen LogP contribution in [0.15, 0.2) is 6.20 Å². The van der Waals surface area contributed by atoms with E-state index in [1.807, 2.05) is 18.8 Å². The van der Waals surface area contributed by atoms with Crippen molar-refractivity contribution in [2.75, 3.05) is 7.05 Å². The quantitative estimate of drug-likeness (QED) is 0.841. The summed E-state index contributed by atoms with van der Waals surface area (Å²) < 4.78 is 1.92. The lowest BCUT2D eigenvalue weighted by Gasteiger charge is -2.29. The Kier molecular flexibility index (Phi) is 3.32. The van der Waals surface area contributed by atoms with Crippen LogP contribution in [0, 0.1) is 0 Å². The summed E-state index contributed by atoms with van der Waals surface area (Å²) in [6.07, 6.45) is 6.72. The molecule has 1 N–H and O–H groups in total. The lowest BCUT2D eigenvalue weighted by molar-refractivity contribution is 0.345. The lowest BCUT2D eigenvalue weighted by Crippen LogP contribution is -2.31. The minimum atomic E-state index is 0.566. The van der Waals surface area contributed by atoms with Crippen LogP contribution in [0.4, 0.5) is 0 Å². The summed E-state index contributed by atoms with van der Waals surface area (Å²) >= 11 is 6.17. The molecule has 2 rings (SSSR count). The van der Waals surface area contributed by atoms with Crippen LogP contribution < -0.4 is 5.32 Å². The number of rotatable bonds is 2. The Morgan fingerprint density at radius 1 is 1.53 bits per heavy atom. The first kappa shape index (κ1) is 11.0. The molecule has 0 aliphatic heterocycles. The Bertz CT molecular complexity index is 315. The second-order valence-corrected chi connectivity index (χ2v) is 4.76. The molecule has 0 radical (unpaired) electrons. The molecule has 84 valence electrons. The molecular weight excluding hydrogens is 210 g/mol. The Labute approximate surface area is 95.8 Å². The van der Waals surface area contributed by atoms with Gasteiger partial charge in [-0.1, -0.05) is 18.0 Å². The van der Waals surface area contributed by atoms with Gasteiger partial charge < -0.3 is 5.32 Å². The average Bonchev–Trinajstić information content (AvgIpc) is 2.59. The van der Waals surface area contributed by atoms with Crippen molar-refractivity contribution in [3.63, 3.8) is 0 Å². The molecule has 3 nitrogen and oxygen atoms in total. The van der Waals surface area contributed by atoms with Crippen LogP contribution in [0.5, 0.6) is 0 Å². The fourth-order valence-electron chi connectivity index (χ4n) is 2.58. The molecule has 15 heavy (non-hydrogen) atoms. The second-order valence-electron chi connectivity index (χ2n) is 4.35. The van der Waals surface area contributed by atoms with Crippen LogP contribution in [0.25, 0.3) is 0 Å². The maximum absolute atomic E-state index is 6.17. The summed E-state index contributed by atoms with van der Waals surface area (Å²) in [5.41, 5.74) is 1.21. The molecule has 0 bridgehead atoms. The van der Waals surface area contributed by atoms with Crippen LogP contribution in [-0.4, -0.2) is 22.9 Å². The zero-order valence-corrected chi connectivity index (χ0v) is 10.1. The number of hydrogen-bond donors (Lipinski definition) is 1. The average molecular weight is 228 g/mol. The molecule has 1 aromatic heterocycles. The minimum Gasteiger partial charge on any atom is -0.317 e. The van der Waals surface area contributed by atoms with Crippen molar-refractivity contribution in [1.82, 2.24) is 15.1 Å². The molecule has 0 aromatic carbocycles. The Morgan fingerprint density at radius 2 is 2.33 bits per heavy atom. The molecule has 2 atom stereocenters. The van der Waals surface area contributed by atoms with Gasteiger partial charge in [0.05, 0.1) is 16.9 Å². The number of aryl methyl sites for hydroxylation is 1. The van der Waals surface area contributed by atoms with Crippen molar-refractivity contribution in [2.45, 2.75) is 37.6 Å². The smallest absolute Gasteiger partial charge is 0.0820 e. The highest BCUT2D eigenvalue weighted by Crippen LogP contribution is 2.35. The lowest BCUT2D eigenvalue weighted by atomic mass is 9.84. The monoisotopic (exact) mass is 227 g/mol. The molecule has 1 aliphatic carbocycles. The fraction of sp³-hybridized carbons (Fsp3) is 0.727. The van der Waals surface area contributed by atoms with E-state index < -0.39 is 0 Å². The van der Waals surface area contributed by atoms with E-state index in [0.717, 1.165) is 5.02 Å². The van der Waals surface area contributed by atoms with Gasteiger partial charge in [-0.3, -0.25) is 4.68 Å². The number of halogens is 1. The van der Waals surface area contributed by atoms with Gasteiger partial charge in [0.1, 0.15) is 0 Å². The summed E-state index contributed by atoms with van der Waals surface area (Å²) in [7, 11) is 4.02. The van der Waals surface area contributed by atoms with Gasteiger partial charge in [0.15, 0.2) is 0 Å². The minimum absolute atomic E-state index is 0.566. The van der Waals surface area contributed by atoms with E-state index >= 15 is 0 Å². The predicted octanol–water partition coefficient (Wildman–Crippen LogP) is 2.32. The molecule has 1 aromatic rings. The zero-order valence-electron chi connectivity index (χ0n) is 9.33. The first-order chi connectivity index (χ1) is 7.22. The highest BCUT2D eigenvalue weighted by molar-refractivity contribution is 6.31. The van der Waals surface area contributed by atoms with Crippen LogP contribution in [0.3, 0.4) is 0 Å². The number of nitrogens with zero attached hydrogens (tertiary/aromatic N) is 2. The van der Waals surface area contributed by atoms with Crippen molar-refractivity contribution >= 4 is 11.6 Å². The summed E-state index contributed by atoms with van der Waals surface area (Å²) in [6.45, 7) is 0. The molecule has 1 aliphatic rings. The molecular formula is C11H18ClN3. The molecule has 0 saturated heterocycles. The number of hydrogen-bond acceptors (Lipinski definition) is 2. The Hall–Kier alpha value is -0.540. The number of nitrogens with one attached hydrogen (secondary N) is 1. The van der Waals surface area contributed by atoms with Crippen molar-refractivity contribution in [1.29, 1.82) is 0 Å². The van der Waals surface area contributed by atoms with E-state index in [2.05, 4.69) is 10.4 Å². The van der Waals surface area contributed by atoms with Gasteiger partial charge in [0, 0.05) is 19.0 Å². The highest BCUT2D eigenvalue weighted by atomic mass is 35.5. The molecule has 0 amide bonds. The van der Waals surface area contributed by atoms with Gasteiger partial charge in [-0.15, -0.1) is 0 Å². The van der Waals surface area contributed by atoms with Gasteiger partial charge in [0.25, 0.3) is 0 Å². The predicted molar refractivity (Wildman–Crippen MR) is 62.3 cm³/mol. The second kappa shape index (κ2) is 4.54. The maximum Gasteiger partial charge on any atom is 0.0820 e. The molecule has 1 fully saturated rings. The standard InChI is InChI=1S/C11H18ClN3/c1-13-9-5-3-4-8(6-9)11-10(12)7-14-15(11)2/h7-9,13H,3-6H2,1-2H3. The molecule has 1 heterocycles. The summed E-state index contributed by atoms with van der Waals surface area (Å²) in [4.78, 5) is 0. The third-order valence-electron chi connectivity index (χ3n) is 3.41. The SMILES string of the molecule is CNC1CCCC(c2c(Cl)cnn2C)C1. The summed E-state index contributed by atoms with van der Waals surface area (Å²) in [5, 5.41) is 8.39. The van der Waals surface area contributed by atoms with Gasteiger partial charge >= 0.3 is 0 Å². The first-order valence-electron chi connectivity index (χ1n) is 5.57. The van der Waals surface area contributed by atoms with Crippen molar-refractivity contribution in [3.05, 3.63) is 16.9 Å². The van der Waals surface area contributed by atoms with Crippen LogP contribution in [0.2, 0.25) is 5.02 Å². The third-order valence-corrected chi connectivity index (χ3v) is 3.70. The largest absolute Gasteiger partial charge is 0.317 e. The van der Waals surface area contributed by atoms with E-state index in [0.29, 0.717) is 12.0 Å². The first-order valence-corrected chi connectivity index (χ1v) is 5.94. The van der Waals surface area contributed by atoms with Gasteiger partial charge in [-0.2, -0.15) is 5.10 Å². The van der Waals surface area contributed by atoms with E-state index in [9.17, 15) is 0 Å². The molecule has 2 unspecified atom stereocenters. The Morgan fingerprint density at radius 3 is 2.93 bits per heavy atom. The topological polar surface area (TPSA) is 29.9 Å². The van der Waals surface area contributed by atoms with Crippen LogP contribution in [-0.2, 0) is 7.05 Å². The van der Waals surface area contributed by atoms with Crippen LogP contribution >= 0.6 is 11.6 Å². The van der Waals surface area contributed by atoms with Crippen LogP contribution in [0.1, 0.15) is 37.3 Å². The third kappa shape index (κ3) is 2.18.